The van der Waals surface area contributed by atoms with Crippen molar-refractivity contribution in [3.8, 4) is 0 Å². The van der Waals surface area contributed by atoms with Crippen molar-refractivity contribution in [1.29, 1.82) is 0 Å². The van der Waals surface area contributed by atoms with E-state index < -0.39 is 0 Å². The first-order valence-corrected chi connectivity index (χ1v) is 8.10. The largest absolute Gasteiger partial charge is 0.319 e. The molecule has 1 aromatic carbocycles. The highest BCUT2D eigenvalue weighted by atomic mass is 15.2. The molecule has 2 rings (SSSR count). The summed E-state index contributed by atoms with van der Waals surface area (Å²) in [6.45, 7) is 10.5. The van der Waals surface area contributed by atoms with Crippen molar-refractivity contribution in [2.45, 2.75) is 45.6 Å². The van der Waals surface area contributed by atoms with E-state index >= 15 is 0 Å². The number of hydrogen-bond acceptors (Lipinski definition) is 2. The predicted octanol–water partition coefficient (Wildman–Crippen LogP) is 3.80. The molecule has 2 atom stereocenters. The number of rotatable bonds is 5. The van der Waals surface area contributed by atoms with E-state index in [1.807, 2.05) is 0 Å². The van der Waals surface area contributed by atoms with Gasteiger partial charge in [0, 0.05) is 12.6 Å². The Bertz CT molecular complexity index is 394. The fourth-order valence-electron chi connectivity index (χ4n) is 3.27. The molecule has 2 unspecified atom stereocenters. The average Bonchev–Trinajstić information content (AvgIpc) is 2.47. The van der Waals surface area contributed by atoms with Gasteiger partial charge in [-0.15, -0.1) is 0 Å². The van der Waals surface area contributed by atoms with Crippen molar-refractivity contribution in [3.63, 3.8) is 0 Å². The van der Waals surface area contributed by atoms with Crippen molar-refractivity contribution < 1.29 is 0 Å². The van der Waals surface area contributed by atoms with Crippen LogP contribution in [0.3, 0.4) is 0 Å². The summed E-state index contributed by atoms with van der Waals surface area (Å²) in [5.74, 6) is 1.43. The van der Waals surface area contributed by atoms with Crippen LogP contribution in [0.4, 0.5) is 0 Å². The van der Waals surface area contributed by atoms with Crippen LogP contribution in [-0.2, 0) is 0 Å². The van der Waals surface area contributed by atoms with Crippen molar-refractivity contribution in [2.75, 3.05) is 26.7 Å². The summed E-state index contributed by atoms with van der Waals surface area (Å²) in [5, 5.41) is 3.33. The number of piperidine rings is 1. The summed E-state index contributed by atoms with van der Waals surface area (Å²) < 4.78 is 0. The molecule has 2 heteroatoms. The Morgan fingerprint density at radius 3 is 2.40 bits per heavy atom. The van der Waals surface area contributed by atoms with E-state index in [0.717, 1.165) is 12.5 Å². The lowest BCUT2D eigenvalue weighted by Gasteiger charge is -2.37. The van der Waals surface area contributed by atoms with Crippen molar-refractivity contribution >= 4 is 0 Å². The second-order valence-electron chi connectivity index (χ2n) is 6.56. The highest BCUT2D eigenvalue weighted by molar-refractivity contribution is 5.26. The Morgan fingerprint density at radius 2 is 1.80 bits per heavy atom. The minimum Gasteiger partial charge on any atom is -0.319 e. The molecule has 1 aliphatic rings. The average molecular weight is 274 g/mol. The third kappa shape index (κ3) is 3.83. The SMILES string of the molecule is CNCC1CCCN(C(C)c2ccc(C(C)C)cc2)C1. The molecule has 1 aliphatic heterocycles. The lowest BCUT2D eigenvalue weighted by atomic mass is 9.94. The fraction of sp³-hybridized carbons (Fsp3) is 0.667. The van der Waals surface area contributed by atoms with Crippen LogP contribution in [0.25, 0.3) is 0 Å². The zero-order valence-corrected chi connectivity index (χ0v) is 13.5. The Labute approximate surface area is 124 Å². The summed E-state index contributed by atoms with van der Waals surface area (Å²) in [6, 6.07) is 9.77. The van der Waals surface area contributed by atoms with Crippen LogP contribution in [0.5, 0.6) is 0 Å². The molecule has 2 nitrogen and oxygen atoms in total. The van der Waals surface area contributed by atoms with Gasteiger partial charge in [-0.25, -0.2) is 0 Å². The molecule has 1 N–H and O–H groups in total. The zero-order chi connectivity index (χ0) is 14.5. The monoisotopic (exact) mass is 274 g/mol. The Kier molecular flexibility index (Phi) is 5.62. The number of hydrogen-bond donors (Lipinski definition) is 1. The lowest BCUT2D eigenvalue weighted by molar-refractivity contribution is 0.131. The third-order valence-corrected chi connectivity index (χ3v) is 4.68. The van der Waals surface area contributed by atoms with E-state index in [2.05, 4.69) is 62.3 Å². The van der Waals surface area contributed by atoms with Crippen LogP contribution in [-0.4, -0.2) is 31.6 Å². The summed E-state index contributed by atoms with van der Waals surface area (Å²) in [7, 11) is 2.06. The molecule has 1 aromatic rings. The quantitative estimate of drug-likeness (QED) is 0.878. The van der Waals surface area contributed by atoms with Crippen LogP contribution in [0.2, 0.25) is 0 Å². The van der Waals surface area contributed by atoms with Gasteiger partial charge in [-0.1, -0.05) is 38.1 Å². The maximum atomic E-state index is 3.33. The minimum absolute atomic E-state index is 0.538. The normalized spacial score (nSPS) is 22.1. The van der Waals surface area contributed by atoms with E-state index in [4.69, 9.17) is 0 Å². The molecule has 1 fully saturated rings. The maximum absolute atomic E-state index is 3.33. The highest BCUT2D eigenvalue weighted by Gasteiger charge is 2.23. The zero-order valence-electron chi connectivity index (χ0n) is 13.5. The van der Waals surface area contributed by atoms with Gasteiger partial charge in [0.05, 0.1) is 0 Å². The van der Waals surface area contributed by atoms with Crippen molar-refractivity contribution in [1.82, 2.24) is 10.2 Å². The van der Waals surface area contributed by atoms with Gasteiger partial charge in [-0.05, 0) is 62.9 Å². The number of nitrogens with one attached hydrogen (secondary N) is 1. The highest BCUT2D eigenvalue weighted by Crippen LogP contribution is 2.27. The Morgan fingerprint density at radius 1 is 1.15 bits per heavy atom. The van der Waals surface area contributed by atoms with Gasteiger partial charge in [0.15, 0.2) is 0 Å². The topological polar surface area (TPSA) is 15.3 Å². The molecule has 0 bridgehead atoms. The molecule has 0 saturated carbocycles. The van der Waals surface area contributed by atoms with Gasteiger partial charge in [0.1, 0.15) is 0 Å². The van der Waals surface area contributed by atoms with E-state index in [-0.39, 0.29) is 0 Å². The van der Waals surface area contributed by atoms with Crippen molar-refractivity contribution in [3.05, 3.63) is 35.4 Å². The Balaban J connectivity index is 2.00. The fourth-order valence-corrected chi connectivity index (χ4v) is 3.27. The van der Waals surface area contributed by atoms with E-state index in [9.17, 15) is 0 Å². The van der Waals surface area contributed by atoms with Crippen LogP contribution in [0, 0.1) is 5.92 Å². The van der Waals surface area contributed by atoms with Gasteiger partial charge >= 0.3 is 0 Å². The molecule has 0 amide bonds. The van der Waals surface area contributed by atoms with Crippen molar-refractivity contribution in [2.24, 2.45) is 5.92 Å². The van der Waals surface area contributed by atoms with Crippen LogP contribution in [0.15, 0.2) is 24.3 Å². The number of nitrogens with zero attached hydrogens (tertiary/aromatic N) is 1. The minimum atomic E-state index is 0.538. The number of benzene rings is 1. The second-order valence-corrected chi connectivity index (χ2v) is 6.56. The van der Waals surface area contributed by atoms with Crippen LogP contribution >= 0.6 is 0 Å². The molecule has 1 saturated heterocycles. The summed E-state index contributed by atoms with van der Waals surface area (Å²) in [5.41, 5.74) is 2.90. The maximum Gasteiger partial charge on any atom is 0.0320 e. The number of likely N-dealkylation sites (tertiary alicyclic amines) is 1. The van der Waals surface area contributed by atoms with Crippen LogP contribution < -0.4 is 5.32 Å². The summed E-state index contributed by atoms with van der Waals surface area (Å²) >= 11 is 0. The summed E-state index contributed by atoms with van der Waals surface area (Å²) in [4.78, 5) is 2.65. The molecular formula is C18H30N2. The van der Waals surface area contributed by atoms with Gasteiger partial charge in [-0.2, -0.15) is 0 Å². The molecule has 20 heavy (non-hydrogen) atoms. The molecule has 0 spiro atoms. The molecule has 1 heterocycles. The van der Waals surface area contributed by atoms with Gasteiger partial charge in [-0.3, -0.25) is 4.90 Å². The Hall–Kier alpha value is -0.860. The molecular weight excluding hydrogens is 244 g/mol. The first-order valence-electron chi connectivity index (χ1n) is 8.10. The van der Waals surface area contributed by atoms with E-state index in [1.54, 1.807) is 0 Å². The first kappa shape index (κ1) is 15.5. The van der Waals surface area contributed by atoms with Gasteiger partial charge < -0.3 is 5.32 Å². The summed E-state index contributed by atoms with van der Waals surface area (Å²) in [6.07, 6.45) is 2.71. The van der Waals surface area contributed by atoms with E-state index in [1.165, 1.54) is 37.1 Å². The predicted molar refractivity (Wildman–Crippen MR) is 87.2 cm³/mol. The standard InChI is InChI=1S/C18H30N2/c1-14(2)17-7-9-18(10-8-17)15(3)20-11-5-6-16(13-20)12-19-4/h7-10,14-16,19H,5-6,11-13H2,1-4H3. The smallest absolute Gasteiger partial charge is 0.0320 e. The molecule has 0 radical (unpaired) electrons. The van der Waals surface area contributed by atoms with Gasteiger partial charge in [0.25, 0.3) is 0 Å². The first-order chi connectivity index (χ1) is 9.61. The lowest BCUT2D eigenvalue weighted by Crippen LogP contribution is -2.40. The molecule has 0 aliphatic carbocycles. The molecule has 0 aromatic heterocycles. The second kappa shape index (κ2) is 7.24. The third-order valence-electron chi connectivity index (χ3n) is 4.68. The van der Waals surface area contributed by atoms with Gasteiger partial charge in [0.2, 0.25) is 0 Å². The molecule has 112 valence electrons. The van der Waals surface area contributed by atoms with E-state index in [0.29, 0.717) is 12.0 Å². The van der Waals surface area contributed by atoms with Crippen LogP contribution in [0.1, 0.15) is 56.7 Å².